The smallest absolute Gasteiger partial charge is 0.326 e. The van der Waals surface area contributed by atoms with Crippen molar-refractivity contribution in [1.29, 1.82) is 0 Å². The number of aliphatic carboxylic acids is 2. The molecule has 14 heteroatoms. The molecule has 0 aliphatic rings. The third-order valence-electron chi connectivity index (χ3n) is 3.43. The Kier molecular flexibility index (Phi) is 11.8. The molecule has 160 valence electrons. The Morgan fingerprint density at radius 2 is 1.32 bits per heavy atom. The summed E-state index contributed by atoms with van der Waals surface area (Å²) in [5.74, 6) is -5.81. The van der Waals surface area contributed by atoms with E-state index in [4.69, 9.17) is 21.1 Å². The largest absolute Gasteiger partial charge is 0.481 e. The van der Waals surface area contributed by atoms with Crippen LogP contribution in [0, 0.1) is 0 Å². The number of nitrogens with one attached hydrogen (secondary N) is 3. The van der Waals surface area contributed by atoms with E-state index in [9.17, 15) is 29.1 Å². The molecule has 0 aliphatic heterocycles. The number of amides is 3. The quantitative estimate of drug-likeness (QED) is 0.129. The Hall–Kier alpha value is -2.42. The van der Waals surface area contributed by atoms with E-state index in [0.717, 1.165) is 0 Å². The van der Waals surface area contributed by atoms with E-state index in [-0.39, 0.29) is 12.2 Å². The van der Waals surface area contributed by atoms with Gasteiger partial charge in [-0.2, -0.15) is 12.6 Å². The maximum atomic E-state index is 12.2. The minimum atomic E-state index is -1.50. The minimum absolute atomic E-state index is 0.259. The van der Waals surface area contributed by atoms with Crippen molar-refractivity contribution in [2.45, 2.75) is 37.0 Å². The van der Waals surface area contributed by atoms with Crippen LogP contribution in [0.2, 0.25) is 0 Å². The van der Waals surface area contributed by atoms with Gasteiger partial charge in [-0.15, -0.1) is 0 Å². The van der Waals surface area contributed by atoms with Gasteiger partial charge in [0.1, 0.15) is 24.2 Å². The second-order valence-electron chi connectivity index (χ2n) is 5.61. The molecule has 0 rings (SSSR count). The molecule has 4 unspecified atom stereocenters. The first-order valence-corrected chi connectivity index (χ1v) is 8.64. The van der Waals surface area contributed by atoms with Crippen LogP contribution in [0.5, 0.6) is 0 Å². The third-order valence-corrected chi connectivity index (χ3v) is 3.79. The van der Waals surface area contributed by atoms with E-state index in [2.05, 4.69) is 28.6 Å². The summed E-state index contributed by atoms with van der Waals surface area (Å²) < 4.78 is 0. The molecule has 0 aromatic heterocycles. The zero-order valence-corrected chi connectivity index (χ0v) is 15.6. The number of hydrogen-bond donors (Lipinski definition) is 9. The van der Waals surface area contributed by atoms with Crippen molar-refractivity contribution in [2.24, 2.45) is 5.73 Å². The zero-order chi connectivity index (χ0) is 21.9. The van der Waals surface area contributed by atoms with Gasteiger partial charge in [0, 0.05) is 12.2 Å². The molecule has 9 N–H and O–H groups in total. The van der Waals surface area contributed by atoms with E-state index >= 15 is 0 Å². The van der Waals surface area contributed by atoms with Crippen LogP contribution in [0.1, 0.15) is 12.8 Å². The van der Waals surface area contributed by atoms with E-state index in [1.54, 1.807) is 0 Å². The Morgan fingerprint density at radius 3 is 1.75 bits per heavy atom. The molecule has 3 amide bonds. The van der Waals surface area contributed by atoms with E-state index < -0.39 is 73.5 Å². The zero-order valence-electron chi connectivity index (χ0n) is 14.7. The topological polar surface area (TPSA) is 228 Å². The first-order chi connectivity index (χ1) is 13.1. The van der Waals surface area contributed by atoms with Gasteiger partial charge in [-0.05, 0) is 6.42 Å². The van der Waals surface area contributed by atoms with Gasteiger partial charge in [-0.3, -0.25) is 19.2 Å². The standard InChI is InChI=1S/C14H24N4O9S/c15-6(3-19)11(23)17-8(4-20)12(24)18-9(5-28)13(25)16-7(14(26)27)1-2-10(21)22/h6-9,19-20,28H,1-5,15H2,(H,16,25)(H,17,23)(H,18,24)(H,21,22)(H,26,27). The lowest BCUT2D eigenvalue weighted by atomic mass is 10.1. The molecule has 28 heavy (non-hydrogen) atoms. The van der Waals surface area contributed by atoms with Gasteiger partial charge in [0.05, 0.1) is 13.2 Å². The molecule has 0 aromatic rings. The van der Waals surface area contributed by atoms with Crippen LogP contribution in [-0.4, -0.2) is 93.2 Å². The van der Waals surface area contributed by atoms with Crippen LogP contribution in [-0.2, 0) is 24.0 Å². The fourth-order valence-electron chi connectivity index (χ4n) is 1.82. The van der Waals surface area contributed by atoms with Crippen LogP contribution < -0.4 is 21.7 Å². The molecule has 0 fully saturated rings. The first kappa shape index (κ1) is 25.6. The van der Waals surface area contributed by atoms with Crippen molar-refractivity contribution >= 4 is 42.3 Å². The van der Waals surface area contributed by atoms with Crippen molar-refractivity contribution in [3.05, 3.63) is 0 Å². The molecule has 0 aliphatic carbocycles. The average molecular weight is 424 g/mol. The number of carbonyl (C=O) groups excluding carboxylic acids is 3. The Labute approximate surface area is 165 Å². The maximum absolute atomic E-state index is 12.2. The average Bonchev–Trinajstić information content (AvgIpc) is 2.65. The lowest BCUT2D eigenvalue weighted by Gasteiger charge is -2.23. The molecule has 0 bridgehead atoms. The molecule has 0 heterocycles. The number of thiol groups is 1. The Balaban J connectivity index is 4.96. The highest BCUT2D eigenvalue weighted by atomic mass is 32.1. The summed E-state index contributed by atoms with van der Waals surface area (Å²) in [6, 6.07) is -5.64. The van der Waals surface area contributed by atoms with Gasteiger partial charge in [-0.25, -0.2) is 4.79 Å². The summed E-state index contributed by atoms with van der Waals surface area (Å²) in [5.41, 5.74) is 5.28. The van der Waals surface area contributed by atoms with Crippen molar-refractivity contribution in [3.8, 4) is 0 Å². The van der Waals surface area contributed by atoms with Crippen molar-refractivity contribution in [2.75, 3.05) is 19.0 Å². The van der Waals surface area contributed by atoms with E-state index in [1.165, 1.54) is 0 Å². The lowest BCUT2D eigenvalue weighted by molar-refractivity contribution is -0.143. The highest BCUT2D eigenvalue weighted by molar-refractivity contribution is 7.80. The van der Waals surface area contributed by atoms with Crippen LogP contribution in [0.15, 0.2) is 0 Å². The highest BCUT2D eigenvalue weighted by Gasteiger charge is 2.29. The van der Waals surface area contributed by atoms with Gasteiger partial charge in [-0.1, -0.05) is 0 Å². The number of hydrogen-bond acceptors (Lipinski definition) is 9. The fourth-order valence-corrected chi connectivity index (χ4v) is 2.08. The summed E-state index contributed by atoms with van der Waals surface area (Å²) in [7, 11) is 0. The summed E-state index contributed by atoms with van der Waals surface area (Å²) in [6.07, 6.45) is -0.878. The second kappa shape index (κ2) is 12.9. The minimum Gasteiger partial charge on any atom is -0.481 e. The number of rotatable bonds is 13. The summed E-state index contributed by atoms with van der Waals surface area (Å²) >= 11 is 3.88. The van der Waals surface area contributed by atoms with E-state index in [0.29, 0.717) is 0 Å². The van der Waals surface area contributed by atoms with Crippen molar-refractivity contribution < 1.29 is 44.4 Å². The predicted molar refractivity (Wildman–Crippen MR) is 96.3 cm³/mol. The van der Waals surface area contributed by atoms with Crippen molar-refractivity contribution in [1.82, 2.24) is 16.0 Å². The molecular formula is C14H24N4O9S. The van der Waals surface area contributed by atoms with E-state index in [1.807, 2.05) is 0 Å². The number of aliphatic hydroxyl groups excluding tert-OH is 2. The van der Waals surface area contributed by atoms with Gasteiger partial charge < -0.3 is 42.1 Å². The number of carbonyl (C=O) groups is 5. The Morgan fingerprint density at radius 1 is 0.821 bits per heavy atom. The SMILES string of the molecule is NC(CO)C(=O)NC(CO)C(=O)NC(CS)C(=O)NC(CCC(=O)O)C(=O)O. The van der Waals surface area contributed by atoms with Crippen molar-refractivity contribution in [3.63, 3.8) is 0 Å². The Bertz CT molecular complexity index is 589. The number of aliphatic hydroxyl groups is 2. The normalized spacial score (nSPS) is 14.9. The monoisotopic (exact) mass is 424 g/mol. The molecule has 0 spiro atoms. The van der Waals surface area contributed by atoms with Crippen LogP contribution in [0.25, 0.3) is 0 Å². The first-order valence-electron chi connectivity index (χ1n) is 8.01. The van der Waals surface area contributed by atoms with Crippen LogP contribution in [0.4, 0.5) is 0 Å². The number of nitrogens with two attached hydrogens (primary N) is 1. The molecule has 0 saturated carbocycles. The summed E-state index contributed by atoms with van der Waals surface area (Å²) in [4.78, 5) is 57.6. The van der Waals surface area contributed by atoms with Gasteiger partial charge in [0.15, 0.2) is 0 Å². The molecule has 4 atom stereocenters. The number of carboxylic acid groups (broad SMARTS) is 2. The second-order valence-corrected chi connectivity index (χ2v) is 5.97. The lowest BCUT2D eigenvalue weighted by Crippen LogP contribution is -2.58. The molecule has 13 nitrogen and oxygen atoms in total. The van der Waals surface area contributed by atoms with Crippen LogP contribution >= 0.6 is 12.6 Å². The summed E-state index contributed by atoms with van der Waals surface area (Å²) in [5, 5.41) is 42.0. The molecule has 0 saturated heterocycles. The van der Waals surface area contributed by atoms with Gasteiger partial charge >= 0.3 is 11.9 Å². The third kappa shape index (κ3) is 8.98. The van der Waals surface area contributed by atoms with Gasteiger partial charge in [0.25, 0.3) is 0 Å². The van der Waals surface area contributed by atoms with Crippen LogP contribution in [0.3, 0.4) is 0 Å². The molecule has 0 aromatic carbocycles. The molecule has 0 radical (unpaired) electrons. The molecular weight excluding hydrogens is 400 g/mol. The van der Waals surface area contributed by atoms with Gasteiger partial charge in [0.2, 0.25) is 17.7 Å². The predicted octanol–water partition coefficient (Wildman–Crippen LogP) is -4.37. The fraction of sp³-hybridized carbons (Fsp3) is 0.643. The highest BCUT2D eigenvalue weighted by Crippen LogP contribution is 2.00. The summed E-state index contributed by atoms with van der Waals surface area (Å²) in [6.45, 7) is -1.53. The maximum Gasteiger partial charge on any atom is 0.326 e. The number of carboxylic acids is 2.